The predicted molar refractivity (Wildman–Crippen MR) is 78.5 cm³/mol. The summed E-state index contributed by atoms with van der Waals surface area (Å²) < 4.78 is 5.19. The smallest absolute Gasteiger partial charge is 0.328 e. The van der Waals surface area contributed by atoms with Crippen molar-refractivity contribution >= 4 is 11.7 Å². The summed E-state index contributed by atoms with van der Waals surface area (Å²) >= 11 is 0. The van der Waals surface area contributed by atoms with Crippen LogP contribution >= 0.6 is 0 Å². The van der Waals surface area contributed by atoms with Crippen molar-refractivity contribution < 1.29 is 14.6 Å². The predicted octanol–water partition coefficient (Wildman–Crippen LogP) is 2.58. The number of anilines is 1. The van der Waals surface area contributed by atoms with Crippen LogP contribution in [0.3, 0.4) is 0 Å². The first-order valence-corrected chi connectivity index (χ1v) is 7.37. The Hall–Kier alpha value is -1.55. The van der Waals surface area contributed by atoms with Crippen LogP contribution in [0.4, 0.5) is 5.69 Å². The van der Waals surface area contributed by atoms with Gasteiger partial charge in [-0.25, -0.2) is 4.79 Å². The highest BCUT2D eigenvalue weighted by atomic mass is 16.5. The second-order valence-corrected chi connectivity index (χ2v) is 5.31. The van der Waals surface area contributed by atoms with E-state index in [9.17, 15) is 9.90 Å². The number of ether oxygens (including phenoxy) is 1. The van der Waals surface area contributed by atoms with Crippen LogP contribution in [0.25, 0.3) is 0 Å². The van der Waals surface area contributed by atoms with E-state index in [1.165, 1.54) is 0 Å². The molecule has 0 bridgehead atoms. The molecule has 0 radical (unpaired) electrons. The lowest BCUT2D eigenvalue weighted by atomic mass is 9.82. The van der Waals surface area contributed by atoms with Gasteiger partial charge in [0.2, 0.25) is 0 Å². The Morgan fingerprint density at radius 3 is 2.55 bits per heavy atom. The zero-order valence-corrected chi connectivity index (χ0v) is 11.9. The van der Waals surface area contributed by atoms with Gasteiger partial charge in [0.15, 0.2) is 0 Å². The van der Waals surface area contributed by atoms with Gasteiger partial charge in [-0.3, -0.25) is 0 Å². The molecule has 4 nitrogen and oxygen atoms in total. The number of para-hydroxylation sites is 1. The Balaban J connectivity index is 2.06. The van der Waals surface area contributed by atoms with Crippen LogP contribution in [0.5, 0.6) is 0 Å². The van der Waals surface area contributed by atoms with Crippen molar-refractivity contribution in [3.63, 3.8) is 0 Å². The standard InChI is InChI=1S/C16H23NO3/c1-2-20-16(19)15(12-8-10-14(18)11-9-12)17-13-6-4-3-5-7-13/h3-7,12,14-15,17-18H,2,8-11H2,1H3. The minimum Gasteiger partial charge on any atom is -0.464 e. The molecule has 1 aromatic rings. The average Bonchev–Trinajstić information content (AvgIpc) is 2.47. The molecule has 0 aromatic heterocycles. The number of aliphatic hydroxyl groups excluding tert-OH is 1. The molecule has 1 aliphatic carbocycles. The summed E-state index contributed by atoms with van der Waals surface area (Å²) in [6.07, 6.45) is 3.01. The minimum absolute atomic E-state index is 0.197. The molecule has 0 amide bonds. The Bertz CT molecular complexity index is 413. The van der Waals surface area contributed by atoms with Crippen LogP contribution in [0.1, 0.15) is 32.6 Å². The number of nitrogens with one attached hydrogen (secondary N) is 1. The van der Waals surface area contributed by atoms with Crippen molar-refractivity contribution in [2.75, 3.05) is 11.9 Å². The SMILES string of the molecule is CCOC(=O)C(Nc1ccccc1)C1CCC(O)CC1. The highest BCUT2D eigenvalue weighted by Crippen LogP contribution is 2.29. The molecule has 1 aliphatic rings. The maximum atomic E-state index is 12.2. The van der Waals surface area contributed by atoms with Crippen LogP contribution in [0.2, 0.25) is 0 Å². The van der Waals surface area contributed by atoms with Gasteiger partial charge >= 0.3 is 5.97 Å². The molecular weight excluding hydrogens is 254 g/mol. The van der Waals surface area contributed by atoms with Gasteiger partial charge in [-0.2, -0.15) is 0 Å². The van der Waals surface area contributed by atoms with Crippen molar-refractivity contribution in [3.8, 4) is 0 Å². The van der Waals surface area contributed by atoms with Gasteiger partial charge in [-0.15, -0.1) is 0 Å². The van der Waals surface area contributed by atoms with Crippen molar-refractivity contribution in [2.24, 2.45) is 5.92 Å². The first-order chi connectivity index (χ1) is 9.70. The van der Waals surface area contributed by atoms with Crippen molar-refractivity contribution in [1.29, 1.82) is 0 Å². The number of aliphatic hydroxyl groups is 1. The third-order valence-corrected chi connectivity index (χ3v) is 3.85. The van der Waals surface area contributed by atoms with E-state index in [4.69, 9.17) is 4.74 Å². The normalized spacial score (nSPS) is 23.9. The molecule has 4 heteroatoms. The van der Waals surface area contributed by atoms with E-state index in [2.05, 4.69) is 5.32 Å². The Labute approximate surface area is 120 Å². The lowest BCUT2D eigenvalue weighted by molar-refractivity contribution is -0.145. The number of rotatable bonds is 5. The lowest BCUT2D eigenvalue weighted by Gasteiger charge is -2.31. The summed E-state index contributed by atoms with van der Waals surface area (Å²) in [6.45, 7) is 2.21. The van der Waals surface area contributed by atoms with Gasteiger partial charge in [0.25, 0.3) is 0 Å². The first-order valence-electron chi connectivity index (χ1n) is 7.37. The molecule has 1 fully saturated rings. The fourth-order valence-electron chi connectivity index (χ4n) is 2.75. The maximum absolute atomic E-state index is 12.2. The van der Waals surface area contributed by atoms with Crippen LogP contribution in [0, 0.1) is 5.92 Å². The summed E-state index contributed by atoms with van der Waals surface area (Å²) in [4.78, 5) is 12.2. The van der Waals surface area contributed by atoms with Crippen molar-refractivity contribution in [1.82, 2.24) is 0 Å². The van der Waals surface area contributed by atoms with Gasteiger partial charge in [0, 0.05) is 5.69 Å². The largest absolute Gasteiger partial charge is 0.464 e. The van der Waals surface area contributed by atoms with Crippen LogP contribution in [-0.2, 0) is 9.53 Å². The molecule has 1 unspecified atom stereocenters. The maximum Gasteiger partial charge on any atom is 0.328 e. The number of carbonyl (C=O) groups is 1. The Morgan fingerprint density at radius 1 is 1.30 bits per heavy atom. The van der Waals surface area contributed by atoms with Crippen molar-refractivity contribution in [2.45, 2.75) is 44.8 Å². The number of hydrogen-bond acceptors (Lipinski definition) is 4. The molecule has 1 atom stereocenters. The lowest BCUT2D eigenvalue weighted by Crippen LogP contribution is -2.40. The monoisotopic (exact) mass is 277 g/mol. The summed E-state index contributed by atoms with van der Waals surface area (Å²) in [5, 5.41) is 12.9. The first kappa shape index (κ1) is 14.9. The summed E-state index contributed by atoms with van der Waals surface area (Å²) in [6, 6.07) is 9.39. The van der Waals surface area contributed by atoms with Gasteiger partial charge < -0.3 is 15.2 Å². The van der Waals surface area contributed by atoms with E-state index in [0.29, 0.717) is 6.61 Å². The van der Waals surface area contributed by atoms with Crippen molar-refractivity contribution in [3.05, 3.63) is 30.3 Å². The molecule has 2 rings (SSSR count). The van der Waals surface area contributed by atoms with E-state index in [0.717, 1.165) is 31.4 Å². The van der Waals surface area contributed by atoms with Crippen LogP contribution in [0.15, 0.2) is 30.3 Å². The molecule has 20 heavy (non-hydrogen) atoms. The molecule has 110 valence electrons. The number of esters is 1. The average molecular weight is 277 g/mol. The quantitative estimate of drug-likeness (QED) is 0.812. The van der Waals surface area contributed by atoms with Gasteiger partial charge in [-0.1, -0.05) is 18.2 Å². The molecule has 1 aromatic carbocycles. The third kappa shape index (κ3) is 3.97. The third-order valence-electron chi connectivity index (χ3n) is 3.85. The van der Waals surface area contributed by atoms with Crippen LogP contribution in [-0.4, -0.2) is 29.8 Å². The van der Waals surface area contributed by atoms with Gasteiger partial charge in [-0.05, 0) is 50.7 Å². The molecule has 2 N–H and O–H groups in total. The van der Waals surface area contributed by atoms with Gasteiger partial charge in [0.05, 0.1) is 12.7 Å². The number of benzene rings is 1. The molecule has 0 aliphatic heterocycles. The van der Waals surface area contributed by atoms with Crippen LogP contribution < -0.4 is 5.32 Å². The molecule has 0 saturated heterocycles. The molecule has 1 saturated carbocycles. The second-order valence-electron chi connectivity index (χ2n) is 5.31. The molecular formula is C16H23NO3. The Kier molecular flexibility index (Phi) is 5.41. The van der Waals surface area contributed by atoms with E-state index in [1.54, 1.807) is 0 Å². The number of hydrogen-bond donors (Lipinski definition) is 2. The zero-order chi connectivity index (χ0) is 14.4. The summed E-state index contributed by atoms with van der Waals surface area (Å²) in [5.74, 6) is 0.0235. The fraction of sp³-hybridized carbons (Fsp3) is 0.562. The van der Waals surface area contributed by atoms with E-state index < -0.39 is 0 Å². The molecule has 0 spiro atoms. The minimum atomic E-state index is -0.329. The Morgan fingerprint density at radius 2 is 1.95 bits per heavy atom. The fourth-order valence-corrected chi connectivity index (χ4v) is 2.75. The highest BCUT2D eigenvalue weighted by molar-refractivity contribution is 5.79. The summed E-state index contributed by atoms with van der Waals surface area (Å²) in [7, 11) is 0. The topological polar surface area (TPSA) is 58.6 Å². The number of carbonyl (C=O) groups excluding carboxylic acids is 1. The van der Waals surface area contributed by atoms with E-state index in [-0.39, 0.29) is 24.0 Å². The molecule has 0 heterocycles. The van der Waals surface area contributed by atoms with Gasteiger partial charge in [0.1, 0.15) is 6.04 Å². The highest BCUT2D eigenvalue weighted by Gasteiger charge is 2.32. The van der Waals surface area contributed by atoms with E-state index in [1.807, 2.05) is 37.3 Å². The zero-order valence-electron chi connectivity index (χ0n) is 11.9. The summed E-state index contributed by atoms with van der Waals surface area (Å²) in [5.41, 5.74) is 0.927. The second kappa shape index (κ2) is 7.29. The van der Waals surface area contributed by atoms with E-state index >= 15 is 0 Å².